The van der Waals surface area contributed by atoms with Crippen molar-refractivity contribution >= 4 is 12.1 Å². The highest BCUT2D eigenvalue weighted by molar-refractivity contribution is 5.66. The second kappa shape index (κ2) is 10.6. The average molecular weight is 276 g/mol. The highest BCUT2D eigenvalue weighted by atomic mass is 16.7. The number of methoxy groups -OCH3 is 1. The molecule has 0 aromatic heterocycles. The van der Waals surface area contributed by atoms with Crippen LogP contribution in [0.15, 0.2) is 0 Å². The predicted molar refractivity (Wildman–Crippen MR) is 73.9 cm³/mol. The van der Waals surface area contributed by atoms with Crippen LogP contribution in [-0.4, -0.2) is 31.4 Å². The number of carbonyl (C=O) groups excluding carboxylic acids is 2. The van der Waals surface area contributed by atoms with Gasteiger partial charge in [-0.05, 0) is 25.7 Å². The van der Waals surface area contributed by atoms with Gasteiger partial charge in [-0.1, -0.05) is 27.7 Å². The summed E-state index contributed by atoms with van der Waals surface area (Å²) in [7, 11) is 1.30. The molecule has 0 aromatic rings. The van der Waals surface area contributed by atoms with Gasteiger partial charge in [0.1, 0.15) is 12.2 Å². The monoisotopic (exact) mass is 276 g/mol. The van der Waals surface area contributed by atoms with Crippen LogP contribution in [0, 0.1) is 11.8 Å². The molecule has 2 unspecified atom stereocenters. The normalized spacial score (nSPS) is 13.2. The van der Waals surface area contributed by atoms with Crippen LogP contribution in [0.25, 0.3) is 0 Å². The first kappa shape index (κ1) is 20.1. The molecule has 0 aliphatic heterocycles. The number of hydrogen-bond donors (Lipinski definition) is 0. The highest BCUT2D eigenvalue weighted by Gasteiger charge is 2.12. The molecule has 2 atom stereocenters. The quantitative estimate of drug-likeness (QED) is 0.736. The molecule has 0 aliphatic carbocycles. The molecule has 0 N–H and O–H groups in total. The minimum atomic E-state index is -0.610. The summed E-state index contributed by atoms with van der Waals surface area (Å²) in [6, 6.07) is 0. The summed E-state index contributed by atoms with van der Waals surface area (Å²) in [5.74, 6) is 0.546. The van der Waals surface area contributed by atoms with Gasteiger partial charge in [0.25, 0.3) is 0 Å². The van der Waals surface area contributed by atoms with Crippen LogP contribution in [-0.2, 0) is 19.0 Å². The van der Waals surface area contributed by atoms with Gasteiger partial charge < -0.3 is 14.2 Å². The standard InChI is InChI=1S/C7H14O3.C7H14O2/c1-5(2)6(3)10-7(8)9-4;1-5(2)6(3)9-7(4)8/h5-6H,1-4H3;5-6H,1-4H3. The lowest BCUT2D eigenvalue weighted by molar-refractivity contribution is -0.147. The average Bonchev–Trinajstić information content (AvgIpc) is 2.28. The zero-order valence-corrected chi connectivity index (χ0v) is 13.4. The molecule has 0 fully saturated rings. The zero-order valence-electron chi connectivity index (χ0n) is 13.4. The Bertz CT molecular complexity index is 261. The van der Waals surface area contributed by atoms with Crippen molar-refractivity contribution in [3.63, 3.8) is 0 Å². The van der Waals surface area contributed by atoms with Gasteiger partial charge in [-0.2, -0.15) is 0 Å². The summed E-state index contributed by atoms with van der Waals surface area (Å²) in [5, 5.41) is 0. The van der Waals surface area contributed by atoms with Crippen LogP contribution in [0.5, 0.6) is 0 Å². The maximum absolute atomic E-state index is 10.5. The lowest BCUT2D eigenvalue weighted by atomic mass is 10.1. The molecule has 19 heavy (non-hydrogen) atoms. The van der Waals surface area contributed by atoms with Gasteiger partial charge in [0, 0.05) is 6.92 Å². The topological polar surface area (TPSA) is 61.8 Å². The summed E-state index contributed by atoms with van der Waals surface area (Å²) in [6.45, 7) is 13.2. The lowest BCUT2D eigenvalue weighted by Crippen LogP contribution is -2.19. The van der Waals surface area contributed by atoms with E-state index in [-0.39, 0.29) is 18.2 Å². The van der Waals surface area contributed by atoms with Gasteiger partial charge in [0.2, 0.25) is 0 Å². The molecule has 5 nitrogen and oxygen atoms in total. The van der Waals surface area contributed by atoms with Crippen LogP contribution in [0.2, 0.25) is 0 Å². The Labute approximate surface area is 116 Å². The Morgan fingerprint density at radius 3 is 1.37 bits per heavy atom. The molecule has 0 aromatic carbocycles. The second-order valence-electron chi connectivity index (χ2n) is 5.08. The Morgan fingerprint density at radius 2 is 1.16 bits per heavy atom. The molecule has 0 radical (unpaired) electrons. The van der Waals surface area contributed by atoms with E-state index in [2.05, 4.69) is 4.74 Å². The van der Waals surface area contributed by atoms with E-state index in [4.69, 9.17) is 9.47 Å². The van der Waals surface area contributed by atoms with E-state index < -0.39 is 6.16 Å². The Morgan fingerprint density at radius 1 is 0.789 bits per heavy atom. The first-order valence-corrected chi connectivity index (χ1v) is 6.53. The molecular weight excluding hydrogens is 248 g/mol. The fraction of sp³-hybridized carbons (Fsp3) is 0.857. The van der Waals surface area contributed by atoms with Crippen molar-refractivity contribution in [3.8, 4) is 0 Å². The smallest absolute Gasteiger partial charge is 0.463 e. The number of carbonyl (C=O) groups is 2. The molecule has 0 amide bonds. The third-order valence-electron chi connectivity index (χ3n) is 2.68. The van der Waals surface area contributed by atoms with Crippen LogP contribution >= 0.6 is 0 Å². The first-order valence-electron chi connectivity index (χ1n) is 6.53. The van der Waals surface area contributed by atoms with Crippen molar-refractivity contribution in [1.29, 1.82) is 0 Å². The number of esters is 1. The van der Waals surface area contributed by atoms with Crippen LogP contribution < -0.4 is 0 Å². The Hall–Kier alpha value is -1.26. The van der Waals surface area contributed by atoms with E-state index in [0.29, 0.717) is 11.8 Å². The molecule has 5 heteroatoms. The minimum Gasteiger partial charge on any atom is -0.463 e. The van der Waals surface area contributed by atoms with Gasteiger partial charge in [-0.3, -0.25) is 4.79 Å². The highest BCUT2D eigenvalue weighted by Crippen LogP contribution is 2.05. The van der Waals surface area contributed by atoms with Crippen molar-refractivity contribution in [2.24, 2.45) is 11.8 Å². The van der Waals surface area contributed by atoms with Crippen molar-refractivity contribution in [3.05, 3.63) is 0 Å². The molecule has 0 saturated carbocycles. The molecule has 114 valence electrons. The number of hydrogen-bond acceptors (Lipinski definition) is 5. The van der Waals surface area contributed by atoms with E-state index in [0.717, 1.165) is 0 Å². The summed E-state index contributed by atoms with van der Waals surface area (Å²) in [5.41, 5.74) is 0. The molecule has 0 aliphatic rings. The van der Waals surface area contributed by atoms with Crippen molar-refractivity contribution < 1.29 is 23.8 Å². The second-order valence-corrected chi connectivity index (χ2v) is 5.08. The van der Waals surface area contributed by atoms with E-state index in [9.17, 15) is 9.59 Å². The first-order chi connectivity index (χ1) is 8.61. The molecule has 0 bridgehead atoms. The Balaban J connectivity index is 0. The largest absolute Gasteiger partial charge is 0.508 e. The fourth-order valence-corrected chi connectivity index (χ4v) is 0.734. The maximum Gasteiger partial charge on any atom is 0.508 e. The minimum absolute atomic E-state index is 0.0440. The Kier molecular flexibility index (Phi) is 11.2. The third-order valence-corrected chi connectivity index (χ3v) is 2.68. The zero-order chi connectivity index (χ0) is 15.6. The maximum atomic E-state index is 10.5. The van der Waals surface area contributed by atoms with Crippen LogP contribution in [0.1, 0.15) is 48.5 Å². The molecule has 0 heterocycles. The molecule has 0 spiro atoms. The van der Waals surface area contributed by atoms with Gasteiger partial charge in [0.05, 0.1) is 7.11 Å². The fourth-order valence-electron chi connectivity index (χ4n) is 0.734. The van der Waals surface area contributed by atoms with Gasteiger partial charge >= 0.3 is 12.1 Å². The van der Waals surface area contributed by atoms with E-state index >= 15 is 0 Å². The van der Waals surface area contributed by atoms with Crippen LogP contribution in [0.4, 0.5) is 4.79 Å². The van der Waals surface area contributed by atoms with Crippen molar-refractivity contribution in [2.45, 2.75) is 60.7 Å². The predicted octanol–water partition coefficient (Wildman–Crippen LogP) is 3.41. The SMILES string of the molecule is CC(=O)OC(C)C(C)C.COC(=O)OC(C)C(C)C. The van der Waals surface area contributed by atoms with Gasteiger partial charge in [-0.15, -0.1) is 0 Å². The van der Waals surface area contributed by atoms with E-state index in [1.54, 1.807) is 0 Å². The number of rotatable bonds is 4. The third kappa shape index (κ3) is 13.0. The van der Waals surface area contributed by atoms with Crippen molar-refractivity contribution in [2.75, 3.05) is 7.11 Å². The molecular formula is C14H28O5. The summed E-state index contributed by atoms with van der Waals surface area (Å²) in [6.07, 6.45) is -0.642. The molecule has 0 rings (SSSR count). The summed E-state index contributed by atoms with van der Waals surface area (Å²) < 4.78 is 14.0. The van der Waals surface area contributed by atoms with Gasteiger partial charge in [-0.25, -0.2) is 4.79 Å². The summed E-state index contributed by atoms with van der Waals surface area (Å²) in [4.78, 5) is 20.8. The van der Waals surface area contributed by atoms with Crippen LogP contribution in [0.3, 0.4) is 0 Å². The number of ether oxygens (including phenoxy) is 3. The van der Waals surface area contributed by atoms with E-state index in [1.807, 2.05) is 41.5 Å². The molecule has 0 saturated heterocycles. The lowest BCUT2D eigenvalue weighted by Gasteiger charge is -2.14. The van der Waals surface area contributed by atoms with Gasteiger partial charge in [0.15, 0.2) is 0 Å². The summed E-state index contributed by atoms with van der Waals surface area (Å²) >= 11 is 0. The van der Waals surface area contributed by atoms with Crippen molar-refractivity contribution in [1.82, 2.24) is 0 Å². The van der Waals surface area contributed by atoms with E-state index in [1.165, 1.54) is 14.0 Å².